The molecule has 0 aromatic carbocycles. The van der Waals surface area contributed by atoms with Gasteiger partial charge in [0.1, 0.15) is 0 Å². The normalized spacial score (nSPS) is 9.90. The molecule has 0 aromatic rings. The van der Waals surface area contributed by atoms with Crippen molar-refractivity contribution in [2.24, 2.45) is 0 Å². The molecule has 6 nitrogen and oxygen atoms in total. The van der Waals surface area contributed by atoms with Gasteiger partial charge in [-0.15, -0.1) is 0 Å². The minimum Gasteiger partial charge on any atom is -1.00 e. The van der Waals surface area contributed by atoms with E-state index in [0.29, 0.717) is 0 Å². The Hall–Kier alpha value is 0.580. The van der Waals surface area contributed by atoms with Crippen LogP contribution in [0.25, 0.3) is 0 Å². The molecule has 8 heteroatoms. The Kier molecular flexibility index (Phi) is 6.94. The number of rotatable bonds is 2. The van der Waals surface area contributed by atoms with E-state index in [1.807, 2.05) is 0 Å². The Morgan fingerprint density at radius 1 is 1.60 bits per heavy atom. The van der Waals surface area contributed by atoms with E-state index in [1.54, 1.807) is 0 Å². The molecule has 0 atom stereocenters. The molecule has 0 aromatic heterocycles. The van der Waals surface area contributed by atoms with Gasteiger partial charge in [0.2, 0.25) is 0 Å². The van der Waals surface area contributed by atoms with Gasteiger partial charge in [-0.1, -0.05) is 4.67 Å². The number of hydrogen-bond donors (Lipinski definition) is 2. The first-order chi connectivity index (χ1) is 3.92. The summed E-state index contributed by atoms with van der Waals surface area (Å²) in [6.45, 7) is 0.954. The van der Waals surface area contributed by atoms with Crippen LogP contribution in [0, 0.1) is 0 Å². The number of carbonyl (C=O) groups excluding carboxylic acids is 1. The molecule has 0 aliphatic heterocycles. The van der Waals surface area contributed by atoms with Crippen molar-refractivity contribution in [2.75, 3.05) is 0 Å². The summed E-state index contributed by atoms with van der Waals surface area (Å²) < 4.78 is 13.0. The maximum atomic E-state index is 9.80. The molecule has 0 rings (SSSR count). The first-order valence-electron chi connectivity index (χ1n) is 1.84. The van der Waals surface area contributed by atoms with Gasteiger partial charge < -0.3 is 11.2 Å². The zero-order valence-corrected chi connectivity index (χ0v) is 8.37. The van der Waals surface area contributed by atoms with Crippen molar-refractivity contribution >= 4 is 13.8 Å². The third-order valence-electron chi connectivity index (χ3n) is 0.252. The summed E-state index contributed by atoms with van der Waals surface area (Å²) in [4.78, 5) is 29.1. The number of carbonyl (C=O) groups is 1. The fourth-order valence-corrected chi connectivity index (χ4v) is 0.303. The molecule has 0 radical (unpaired) electrons. The second kappa shape index (κ2) is 5.26. The third kappa shape index (κ3) is 11.4. The Morgan fingerprint density at radius 3 is 2.10 bits per heavy atom. The van der Waals surface area contributed by atoms with E-state index in [9.17, 15) is 9.36 Å². The van der Waals surface area contributed by atoms with Crippen LogP contribution >= 0.6 is 7.82 Å². The second-order valence-corrected chi connectivity index (χ2v) is 2.27. The van der Waals surface area contributed by atoms with Crippen LogP contribution in [0.4, 0.5) is 0 Å². The standard InChI is InChI=1S/C2H5O6P.Na.H/c1-2(3)7-8-9(4,5)6;;/h1H3,(H2,4,5,6);;/q;+1;-1. The van der Waals surface area contributed by atoms with Crippen LogP contribution in [0.1, 0.15) is 8.35 Å². The van der Waals surface area contributed by atoms with Crippen molar-refractivity contribution in [3.8, 4) is 0 Å². The molecular formula is C2H6NaO6P. The van der Waals surface area contributed by atoms with Crippen LogP contribution in [-0.2, 0) is 18.9 Å². The maximum Gasteiger partial charge on any atom is 1.00 e. The summed E-state index contributed by atoms with van der Waals surface area (Å²) >= 11 is 0. The average molecular weight is 180 g/mol. The molecule has 0 spiro atoms. The smallest absolute Gasteiger partial charge is 1.00 e. The van der Waals surface area contributed by atoms with Crippen LogP contribution in [0.5, 0.6) is 0 Å². The van der Waals surface area contributed by atoms with E-state index >= 15 is 0 Å². The van der Waals surface area contributed by atoms with E-state index in [4.69, 9.17) is 9.79 Å². The topological polar surface area (TPSA) is 93.1 Å². The molecule has 0 heterocycles. The van der Waals surface area contributed by atoms with Crippen molar-refractivity contribution in [1.82, 2.24) is 0 Å². The van der Waals surface area contributed by atoms with Crippen molar-refractivity contribution < 1.29 is 59.7 Å². The first kappa shape index (κ1) is 13.2. The minimum absolute atomic E-state index is 0. The van der Waals surface area contributed by atoms with Gasteiger partial charge >= 0.3 is 43.3 Å². The van der Waals surface area contributed by atoms with Gasteiger partial charge in [-0.3, -0.25) is 4.89 Å². The molecule has 0 saturated carbocycles. The summed E-state index contributed by atoms with van der Waals surface area (Å²) in [5.41, 5.74) is 0. The molecular weight excluding hydrogens is 174 g/mol. The Balaban J connectivity index is -0.000000320. The van der Waals surface area contributed by atoms with E-state index in [1.165, 1.54) is 0 Å². The summed E-state index contributed by atoms with van der Waals surface area (Å²) in [6.07, 6.45) is 0. The second-order valence-electron chi connectivity index (χ2n) is 1.14. The van der Waals surface area contributed by atoms with Gasteiger partial charge in [-0.05, 0) is 0 Å². The van der Waals surface area contributed by atoms with Gasteiger partial charge in [-0.2, -0.15) is 0 Å². The summed E-state index contributed by atoms with van der Waals surface area (Å²) in [6, 6.07) is 0. The number of phosphoric acid groups is 1. The van der Waals surface area contributed by atoms with Crippen molar-refractivity contribution in [3.63, 3.8) is 0 Å². The molecule has 0 amide bonds. The predicted molar refractivity (Wildman–Crippen MR) is 26.0 cm³/mol. The van der Waals surface area contributed by atoms with Crippen LogP contribution in [0.2, 0.25) is 0 Å². The monoisotopic (exact) mass is 180 g/mol. The first-order valence-corrected chi connectivity index (χ1v) is 3.37. The molecule has 56 valence electrons. The molecule has 0 saturated heterocycles. The van der Waals surface area contributed by atoms with Crippen LogP contribution in [0.15, 0.2) is 0 Å². The molecule has 0 aliphatic rings. The minimum atomic E-state index is -4.66. The van der Waals surface area contributed by atoms with Gasteiger partial charge in [0.05, 0.1) is 0 Å². The van der Waals surface area contributed by atoms with E-state index < -0.39 is 13.8 Å². The predicted octanol–water partition coefficient (Wildman–Crippen LogP) is -3.31. The average Bonchev–Trinajstić information content (AvgIpc) is 1.59. The molecule has 2 N–H and O–H groups in total. The largest absolute Gasteiger partial charge is 1.00 e. The third-order valence-corrected chi connectivity index (χ3v) is 0.520. The van der Waals surface area contributed by atoms with Gasteiger partial charge in [0.25, 0.3) is 0 Å². The van der Waals surface area contributed by atoms with Crippen molar-refractivity contribution in [1.29, 1.82) is 0 Å². The van der Waals surface area contributed by atoms with Crippen molar-refractivity contribution in [3.05, 3.63) is 0 Å². The number of hydrogen-bond acceptors (Lipinski definition) is 4. The molecule has 0 fully saturated rings. The molecule has 0 aliphatic carbocycles. The summed E-state index contributed by atoms with van der Waals surface area (Å²) in [5.74, 6) is -0.918. The Morgan fingerprint density at radius 2 is 2.00 bits per heavy atom. The van der Waals surface area contributed by atoms with Gasteiger partial charge in [0, 0.05) is 6.92 Å². The fourth-order valence-electron chi connectivity index (χ4n) is 0.101. The van der Waals surface area contributed by atoms with Gasteiger partial charge in [-0.25, -0.2) is 9.36 Å². The zero-order chi connectivity index (χ0) is 7.49. The molecule has 10 heavy (non-hydrogen) atoms. The van der Waals surface area contributed by atoms with Crippen LogP contribution < -0.4 is 29.6 Å². The van der Waals surface area contributed by atoms with Crippen molar-refractivity contribution in [2.45, 2.75) is 6.92 Å². The summed E-state index contributed by atoms with van der Waals surface area (Å²) in [7, 11) is -4.66. The Bertz CT molecular complexity index is 155. The molecule has 0 bridgehead atoms. The Labute approximate surface area is 80.5 Å². The SMILES string of the molecule is CC(=O)OOP(=O)(O)O.[H-].[Na+]. The van der Waals surface area contributed by atoms with E-state index in [0.717, 1.165) is 6.92 Å². The van der Waals surface area contributed by atoms with Gasteiger partial charge in [0.15, 0.2) is 0 Å². The quantitative estimate of drug-likeness (QED) is 0.200. The van der Waals surface area contributed by atoms with E-state index in [2.05, 4.69) is 9.56 Å². The van der Waals surface area contributed by atoms with Crippen LogP contribution in [-0.4, -0.2) is 15.8 Å². The fraction of sp³-hybridized carbons (Fsp3) is 0.500. The van der Waals surface area contributed by atoms with Crippen LogP contribution in [0.3, 0.4) is 0 Å². The summed E-state index contributed by atoms with van der Waals surface area (Å²) in [5, 5.41) is 0. The zero-order valence-electron chi connectivity index (χ0n) is 6.47. The maximum absolute atomic E-state index is 9.80. The van der Waals surface area contributed by atoms with E-state index in [-0.39, 0.29) is 31.0 Å². The molecule has 0 unspecified atom stereocenters.